The fourth-order valence-electron chi connectivity index (χ4n) is 1.68. The van der Waals surface area contributed by atoms with Crippen molar-refractivity contribution in [3.8, 4) is 0 Å². The smallest absolute Gasteiger partial charge is 0.273 e. The van der Waals surface area contributed by atoms with Crippen LogP contribution in [0.5, 0.6) is 0 Å². The van der Waals surface area contributed by atoms with Gasteiger partial charge >= 0.3 is 0 Å². The van der Waals surface area contributed by atoms with Gasteiger partial charge < -0.3 is 10.6 Å². The maximum Gasteiger partial charge on any atom is 0.273 e. The number of halogens is 2. The Morgan fingerprint density at radius 2 is 1.90 bits per heavy atom. The molecule has 20 heavy (non-hydrogen) atoms. The maximum absolute atomic E-state index is 10.9. The summed E-state index contributed by atoms with van der Waals surface area (Å²) in [6.07, 6.45) is 0. The van der Waals surface area contributed by atoms with Gasteiger partial charge in [0.2, 0.25) is 0 Å². The van der Waals surface area contributed by atoms with Gasteiger partial charge in [0.05, 0.1) is 15.6 Å². The number of nitrogens with zero attached hydrogens (tertiary/aromatic N) is 1. The molecule has 2 N–H and O–H groups in total. The summed E-state index contributed by atoms with van der Waals surface area (Å²) in [6, 6.07) is 10.1. The van der Waals surface area contributed by atoms with Gasteiger partial charge in [0.1, 0.15) is 0 Å². The van der Waals surface area contributed by atoms with E-state index >= 15 is 0 Å². The average Bonchev–Trinajstić information content (AvgIpc) is 2.42. The molecule has 0 aliphatic rings. The second kappa shape index (κ2) is 6.11. The van der Waals surface area contributed by atoms with E-state index in [0.29, 0.717) is 22.1 Å². The van der Waals surface area contributed by atoms with E-state index in [-0.39, 0.29) is 5.69 Å². The van der Waals surface area contributed by atoms with Gasteiger partial charge in [-0.25, -0.2) is 0 Å². The van der Waals surface area contributed by atoms with Crippen molar-refractivity contribution in [2.75, 3.05) is 17.7 Å². The van der Waals surface area contributed by atoms with Gasteiger partial charge in [-0.05, 0) is 24.3 Å². The summed E-state index contributed by atoms with van der Waals surface area (Å²) >= 11 is 9.45. The number of rotatable bonds is 4. The predicted octanol–water partition coefficient (Wildman–Crippen LogP) is 4.80. The van der Waals surface area contributed by atoms with Crippen LogP contribution in [0.3, 0.4) is 0 Å². The molecule has 0 radical (unpaired) electrons. The molecule has 104 valence electrons. The summed E-state index contributed by atoms with van der Waals surface area (Å²) in [7, 11) is 1.70. The summed E-state index contributed by atoms with van der Waals surface area (Å²) in [5.74, 6) is 0. The van der Waals surface area contributed by atoms with Crippen molar-refractivity contribution in [3.63, 3.8) is 0 Å². The molecule has 0 amide bonds. The van der Waals surface area contributed by atoms with E-state index in [1.807, 2.05) is 6.07 Å². The Balaban J connectivity index is 2.39. The topological polar surface area (TPSA) is 67.2 Å². The fraction of sp³-hybridized carbons (Fsp3) is 0.0769. The maximum atomic E-state index is 10.9. The molecule has 7 heteroatoms. The Kier molecular flexibility index (Phi) is 4.46. The summed E-state index contributed by atoms with van der Waals surface area (Å²) < 4.78 is 0.865. The van der Waals surface area contributed by atoms with E-state index in [9.17, 15) is 10.1 Å². The number of anilines is 3. The molecule has 0 atom stereocenters. The van der Waals surface area contributed by atoms with Crippen LogP contribution in [-0.2, 0) is 0 Å². The number of non-ortho nitro benzene ring substituents is 1. The molecule has 0 saturated carbocycles. The summed E-state index contributed by atoms with van der Waals surface area (Å²) in [6.45, 7) is 0. The van der Waals surface area contributed by atoms with E-state index in [4.69, 9.17) is 11.6 Å². The number of hydrogen-bond donors (Lipinski definition) is 2. The first-order valence-electron chi connectivity index (χ1n) is 5.69. The highest BCUT2D eigenvalue weighted by molar-refractivity contribution is 9.10. The van der Waals surface area contributed by atoms with Crippen molar-refractivity contribution in [2.24, 2.45) is 0 Å². The highest BCUT2D eigenvalue weighted by Crippen LogP contribution is 2.31. The molecule has 0 aliphatic heterocycles. The van der Waals surface area contributed by atoms with Crippen LogP contribution >= 0.6 is 27.5 Å². The van der Waals surface area contributed by atoms with Crippen LogP contribution < -0.4 is 10.6 Å². The number of benzene rings is 2. The van der Waals surface area contributed by atoms with Crippen molar-refractivity contribution in [2.45, 2.75) is 0 Å². The highest BCUT2D eigenvalue weighted by Gasteiger charge is 2.10. The van der Waals surface area contributed by atoms with Crippen LogP contribution in [0.1, 0.15) is 0 Å². The highest BCUT2D eigenvalue weighted by atomic mass is 79.9. The third-order valence-corrected chi connectivity index (χ3v) is 3.45. The molecule has 2 aromatic carbocycles. The lowest BCUT2D eigenvalue weighted by molar-refractivity contribution is -0.384. The lowest BCUT2D eigenvalue weighted by Gasteiger charge is -2.10. The number of nitro groups is 1. The van der Waals surface area contributed by atoms with Gasteiger partial charge in [-0.15, -0.1) is 0 Å². The SMILES string of the molecule is CNc1cc(Nc2cc(Br)ccc2Cl)cc([N+](=O)[O-])c1. The van der Waals surface area contributed by atoms with Crippen LogP contribution in [0.2, 0.25) is 5.02 Å². The molecule has 0 aromatic heterocycles. The molecule has 0 spiro atoms. The van der Waals surface area contributed by atoms with Crippen molar-refractivity contribution >= 4 is 50.3 Å². The average molecular weight is 357 g/mol. The largest absolute Gasteiger partial charge is 0.388 e. The minimum atomic E-state index is -0.436. The van der Waals surface area contributed by atoms with Crippen molar-refractivity contribution in [1.29, 1.82) is 0 Å². The van der Waals surface area contributed by atoms with E-state index in [1.165, 1.54) is 12.1 Å². The minimum absolute atomic E-state index is 0.00506. The molecule has 5 nitrogen and oxygen atoms in total. The van der Waals surface area contributed by atoms with Gasteiger partial charge in [-0.3, -0.25) is 10.1 Å². The zero-order valence-corrected chi connectivity index (χ0v) is 12.8. The first-order valence-corrected chi connectivity index (χ1v) is 6.86. The van der Waals surface area contributed by atoms with Gasteiger partial charge in [-0.1, -0.05) is 27.5 Å². The van der Waals surface area contributed by atoms with Gasteiger partial charge in [0.25, 0.3) is 5.69 Å². The quantitative estimate of drug-likeness (QED) is 0.610. The van der Waals surface area contributed by atoms with Gasteiger partial charge in [0, 0.05) is 35.0 Å². The van der Waals surface area contributed by atoms with Gasteiger partial charge in [-0.2, -0.15) is 0 Å². The second-order valence-electron chi connectivity index (χ2n) is 4.02. The van der Waals surface area contributed by atoms with Crippen LogP contribution in [0.15, 0.2) is 40.9 Å². The van der Waals surface area contributed by atoms with Crippen LogP contribution in [0.4, 0.5) is 22.7 Å². The molecular formula is C13H11BrClN3O2. The molecule has 2 aromatic rings. The summed E-state index contributed by atoms with van der Waals surface area (Å²) in [4.78, 5) is 10.5. The first kappa shape index (κ1) is 14.6. The van der Waals surface area contributed by atoms with Crippen molar-refractivity contribution < 1.29 is 4.92 Å². The Labute approximate surface area is 129 Å². The number of hydrogen-bond acceptors (Lipinski definition) is 4. The predicted molar refractivity (Wildman–Crippen MR) is 85.1 cm³/mol. The molecule has 0 unspecified atom stereocenters. The zero-order valence-electron chi connectivity index (χ0n) is 10.5. The molecule has 2 rings (SSSR count). The van der Waals surface area contributed by atoms with Crippen molar-refractivity contribution in [1.82, 2.24) is 0 Å². The molecule has 0 heterocycles. The Morgan fingerprint density at radius 3 is 2.55 bits per heavy atom. The minimum Gasteiger partial charge on any atom is -0.388 e. The zero-order chi connectivity index (χ0) is 14.7. The monoisotopic (exact) mass is 355 g/mol. The molecule has 0 bridgehead atoms. The van der Waals surface area contributed by atoms with E-state index < -0.39 is 4.92 Å². The third kappa shape index (κ3) is 3.40. The Hall–Kier alpha value is -1.79. The normalized spacial score (nSPS) is 10.2. The third-order valence-electron chi connectivity index (χ3n) is 2.62. The van der Waals surface area contributed by atoms with Gasteiger partial charge in [0.15, 0.2) is 0 Å². The standard InChI is InChI=1S/C13H11BrClN3O2/c1-16-9-5-10(7-11(6-9)18(19)20)17-13-4-8(14)2-3-12(13)15/h2-7,16-17H,1H3. The molecule has 0 aliphatic carbocycles. The molecule has 0 saturated heterocycles. The van der Waals surface area contributed by atoms with Crippen LogP contribution in [0, 0.1) is 10.1 Å². The van der Waals surface area contributed by atoms with E-state index in [1.54, 1.807) is 25.2 Å². The summed E-state index contributed by atoms with van der Waals surface area (Å²) in [5, 5.41) is 17.4. The number of nitro benzene ring substituents is 1. The first-order chi connectivity index (χ1) is 9.49. The van der Waals surface area contributed by atoms with E-state index in [0.717, 1.165) is 4.47 Å². The van der Waals surface area contributed by atoms with E-state index in [2.05, 4.69) is 26.6 Å². The fourth-order valence-corrected chi connectivity index (χ4v) is 2.21. The van der Waals surface area contributed by atoms with Crippen LogP contribution in [0.25, 0.3) is 0 Å². The lowest BCUT2D eigenvalue weighted by Crippen LogP contribution is -1.97. The Bertz CT molecular complexity index is 664. The lowest BCUT2D eigenvalue weighted by atomic mass is 10.2. The second-order valence-corrected chi connectivity index (χ2v) is 5.35. The number of nitrogens with one attached hydrogen (secondary N) is 2. The van der Waals surface area contributed by atoms with Crippen molar-refractivity contribution in [3.05, 3.63) is 56.0 Å². The molecule has 0 fully saturated rings. The van der Waals surface area contributed by atoms with Crippen LogP contribution in [-0.4, -0.2) is 12.0 Å². The summed E-state index contributed by atoms with van der Waals surface area (Å²) in [5.41, 5.74) is 1.91. The Morgan fingerprint density at radius 1 is 1.20 bits per heavy atom. The molecular weight excluding hydrogens is 346 g/mol.